The Bertz CT molecular complexity index is 839. The fraction of sp³-hybridized carbons (Fsp3) is 0.278. The van der Waals surface area contributed by atoms with Gasteiger partial charge in [0, 0.05) is 11.8 Å². The molecule has 0 saturated carbocycles. The van der Waals surface area contributed by atoms with E-state index in [0.29, 0.717) is 0 Å². The first-order valence-corrected chi connectivity index (χ1v) is 8.26. The second-order valence-corrected chi connectivity index (χ2v) is 6.58. The van der Waals surface area contributed by atoms with E-state index in [1.54, 1.807) is 13.8 Å². The quantitative estimate of drug-likeness (QED) is 0.624. The zero-order valence-electron chi connectivity index (χ0n) is 14.3. The van der Waals surface area contributed by atoms with Crippen LogP contribution in [0.15, 0.2) is 36.4 Å². The van der Waals surface area contributed by atoms with Crippen LogP contribution in [0, 0.1) is 17.6 Å². The Morgan fingerprint density at radius 1 is 1.04 bits per heavy atom. The van der Waals surface area contributed by atoms with Crippen molar-refractivity contribution in [2.24, 2.45) is 5.92 Å². The first kappa shape index (κ1) is 21.0. The fourth-order valence-electron chi connectivity index (χ4n) is 2.30. The molecule has 9 heteroatoms. The highest BCUT2D eigenvalue weighted by atomic mass is 35.5. The number of carbonyl (C=O) groups excluding carboxylic acids is 1. The number of benzene rings is 2. The monoisotopic (exact) mass is 406 g/mol. The second kappa shape index (κ2) is 8.12. The van der Waals surface area contributed by atoms with E-state index in [1.807, 2.05) is 0 Å². The number of hydrogen-bond donors (Lipinski definition) is 2. The van der Waals surface area contributed by atoms with E-state index in [2.05, 4.69) is 10.6 Å². The van der Waals surface area contributed by atoms with E-state index >= 15 is 0 Å². The van der Waals surface area contributed by atoms with Gasteiger partial charge in [-0.05, 0) is 36.2 Å². The first-order valence-electron chi connectivity index (χ1n) is 7.88. The SMILES string of the molecule is CC(C)[C@H](Nc1ccc(C(F)(F)F)cc1Cl)C(=O)Nc1ccc(F)c(F)c1. The van der Waals surface area contributed by atoms with Crippen LogP contribution in [0.2, 0.25) is 5.02 Å². The van der Waals surface area contributed by atoms with Crippen molar-refractivity contribution in [1.29, 1.82) is 0 Å². The third kappa shape index (κ3) is 5.32. The molecular formula is C18H16ClF5N2O. The molecular weight excluding hydrogens is 391 g/mol. The maximum atomic E-state index is 13.3. The molecule has 1 amide bonds. The molecule has 0 aliphatic rings. The summed E-state index contributed by atoms with van der Waals surface area (Å²) in [5.74, 6) is -3.03. The van der Waals surface area contributed by atoms with Crippen molar-refractivity contribution in [3.05, 3.63) is 58.6 Å². The minimum Gasteiger partial charge on any atom is -0.372 e. The average Bonchev–Trinajstić information content (AvgIpc) is 2.55. The summed E-state index contributed by atoms with van der Waals surface area (Å²) in [7, 11) is 0. The molecule has 0 aliphatic carbocycles. The highest BCUT2D eigenvalue weighted by Crippen LogP contribution is 2.34. The summed E-state index contributed by atoms with van der Waals surface area (Å²) in [5, 5.41) is 5.03. The van der Waals surface area contributed by atoms with Crippen LogP contribution in [0.4, 0.5) is 33.3 Å². The molecule has 0 bridgehead atoms. The molecule has 0 spiro atoms. The summed E-state index contributed by atoms with van der Waals surface area (Å²) in [6.07, 6.45) is -4.54. The summed E-state index contributed by atoms with van der Waals surface area (Å²) in [4.78, 5) is 12.5. The molecule has 2 N–H and O–H groups in total. The molecule has 0 aliphatic heterocycles. The van der Waals surface area contributed by atoms with E-state index in [1.165, 1.54) is 6.07 Å². The number of anilines is 2. The van der Waals surface area contributed by atoms with Crippen LogP contribution in [0.1, 0.15) is 19.4 Å². The summed E-state index contributed by atoms with van der Waals surface area (Å²) < 4.78 is 64.4. The van der Waals surface area contributed by atoms with Crippen LogP contribution in [0.25, 0.3) is 0 Å². The summed E-state index contributed by atoms with van der Waals surface area (Å²) in [6, 6.07) is 4.75. The van der Waals surface area contributed by atoms with Crippen LogP contribution < -0.4 is 10.6 Å². The first-order chi connectivity index (χ1) is 12.5. The maximum absolute atomic E-state index is 13.3. The summed E-state index contributed by atoms with van der Waals surface area (Å²) in [5.41, 5.74) is -0.723. The minimum absolute atomic E-state index is 0.0462. The van der Waals surface area contributed by atoms with Gasteiger partial charge in [-0.2, -0.15) is 13.2 Å². The van der Waals surface area contributed by atoms with Gasteiger partial charge in [-0.1, -0.05) is 25.4 Å². The Kier molecular flexibility index (Phi) is 6.30. The van der Waals surface area contributed by atoms with Crippen LogP contribution in [0.5, 0.6) is 0 Å². The standard InChI is InChI=1S/C18H16ClF5N2O/c1-9(2)16(17(27)25-11-4-5-13(20)14(21)8-11)26-15-6-3-10(7-12(15)19)18(22,23)24/h3-9,16,26H,1-2H3,(H,25,27)/t16-/m0/s1. The average molecular weight is 407 g/mol. The molecule has 2 aromatic rings. The van der Waals surface area contributed by atoms with Crippen LogP contribution in [-0.4, -0.2) is 11.9 Å². The van der Waals surface area contributed by atoms with Gasteiger partial charge in [0.25, 0.3) is 0 Å². The van der Waals surface area contributed by atoms with Crippen molar-refractivity contribution in [3.8, 4) is 0 Å². The normalized spacial score (nSPS) is 12.8. The topological polar surface area (TPSA) is 41.1 Å². The molecule has 0 aromatic heterocycles. The largest absolute Gasteiger partial charge is 0.416 e. The van der Waals surface area contributed by atoms with Crippen LogP contribution in [-0.2, 0) is 11.0 Å². The molecule has 1 atom stereocenters. The van der Waals surface area contributed by atoms with Gasteiger partial charge >= 0.3 is 6.18 Å². The maximum Gasteiger partial charge on any atom is 0.416 e. The predicted molar refractivity (Wildman–Crippen MR) is 93.7 cm³/mol. The number of alkyl halides is 3. The van der Waals surface area contributed by atoms with Gasteiger partial charge in [-0.15, -0.1) is 0 Å². The third-order valence-corrected chi connectivity index (χ3v) is 4.06. The van der Waals surface area contributed by atoms with Gasteiger partial charge in [0.05, 0.1) is 16.3 Å². The third-order valence-electron chi connectivity index (χ3n) is 3.74. The van der Waals surface area contributed by atoms with Gasteiger partial charge in [0.1, 0.15) is 6.04 Å². The lowest BCUT2D eigenvalue weighted by Gasteiger charge is -2.23. The highest BCUT2D eigenvalue weighted by Gasteiger charge is 2.31. The van der Waals surface area contributed by atoms with Gasteiger partial charge in [-0.25, -0.2) is 8.78 Å². The van der Waals surface area contributed by atoms with Crippen molar-refractivity contribution in [1.82, 2.24) is 0 Å². The molecule has 0 fully saturated rings. The van der Waals surface area contributed by atoms with Gasteiger partial charge < -0.3 is 10.6 Å². The Balaban J connectivity index is 2.20. The molecule has 2 rings (SSSR count). The lowest BCUT2D eigenvalue weighted by molar-refractivity contribution is -0.137. The number of hydrogen-bond acceptors (Lipinski definition) is 2. The molecule has 0 heterocycles. The van der Waals surface area contributed by atoms with Crippen molar-refractivity contribution in [2.75, 3.05) is 10.6 Å². The fourth-order valence-corrected chi connectivity index (χ4v) is 2.54. The number of halogens is 6. The number of amides is 1. The lowest BCUT2D eigenvalue weighted by Crippen LogP contribution is -2.39. The summed E-state index contributed by atoms with van der Waals surface area (Å²) >= 11 is 5.90. The Labute approximate surface area is 157 Å². The molecule has 3 nitrogen and oxygen atoms in total. The van der Waals surface area contributed by atoms with Crippen molar-refractivity contribution in [3.63, 3.8) is 0 Å². The van der Waals surface area contributed by atoms with Crippen molar-refractivity contribution in [2.45, 2.75) is 26.1 Å². The van der Waals surface area contributed by atoms with E-state index in [-0.39, 0.29) is 22.3 Å². The van der Waals surface area contributed by atoms with E-state index < -0.39 is 35.3 Å². The highest BCUT2D eigenvalue weighted by molar-refractivity contribution is 6.33. The Hall–Kier alpha value is -2.35. The zero-order chi connectivity index (χ0) is 20.4. The molecule has 0 saturated heterocycles. The number of carbonyl (C=O) groups is 1. The molecule has 146 valence electrons. The predicted octanol–water partition coefficient (Wildman–Crippen LogP) is 5.71. The Morgan fingerprint density at radius 2 is 1.70 bits per heavy atom. The molecule has 0 unspecified atom stereocenters. The number of nitrogens with one attached hydrogen (secondary N) is 2. The van der Waals surface area contributed by atoms with Gasteiger partial charge in [0.15, 0.2) is 11.6 Å². The van der Waals surface area contributed by atoms with Crippen molar-refractivity contribution < 1.29 is 26.7 Å². The second-order valence-electron chi connectivity index (χ2n) is 6.18. The van der Waals surface area contributed by atoms with Gasteiger partial charge in [0.2, 0.25) is 5.91 Å². The molecule has 27 heavy (non-hydrogen) atoms. The van der Waals surface area contributed by atoms with Gasteiger partial charge in [-0.3, -0.25) is 4.79 Å². The van der Waals surface area contributed by atoms with Crippen molar-refractivity contribution >= 4 is 28.9 Å². The van der Waals surface area contributed by atoms with E-state index in [4.69, 9.17) is 11.6 Å². The number of rotatable bonds is 5. The molecule has 0 radical (unpaired) electrons. The summed E-state index contributed by atoms with van der Waals surface area (Å²) in [6.45, 7) is 3.42. The van der Waals surface area contributed by atoms with Crippen LogP contribution in [0.3, 0.4) is 0 Å². The minimum atomic E-state index is -4.54. The van der Waals surface area contributed by atoms with E-state index in [0.717, 1.165) is 30.3 Å². The Morgan fingerprint density at radius 3 is 2.22 bits per heavy atom. The van der Waals surface area contributed by atoms with Crippen LogP contribution >= 0.6 is 11.6 Å². The van der Waals surface area contributed by atoms with E-state index in [9.17, 15) is 26.7 Å². The smallest absolute Gasteiger partial charge is 0.372 e. The zero-order valence-corrected chi connectivity index (χ0v) is 15.1. The lowest BCUT2D eigenvalue weighted by atomic mass is 10.0. The molecule has 2 aromatic carbocycles.